The standard InChI is InChI=1S/C32H61N7O9/c1-30(2,3)46-27(43)37-22-16-18-33-17-14-15-20-35-25(42)23(40)24(41)34-19-12-10-11-13-21-36-26(38-28(44)47-31(4,5)6)39-29(45)48-32(7,8)9/h23,33,40H,10-22H2,1-9H3,(H,34,41)(H,35,42)(H,37,43)(H2,36,38,39,44,45). The molecule has 278 valence electrons. The van der Waals surface area contributed by atoms with E-state index in [1.807, 2.05) is 0 Å². The van der Waals surface area contributed by atoms with Gasteiger partial charge in [0.2, 0.25) is 12.1 Å². The van der Waals surface area contributed by atoms with Crippen LogP contribution in [0.3, 0.4) is 0 Å². The highest BCUT2D eigenvalue weighted by Crippen LogP contribution is 2.08. The molecule has 48 heavy (non-hydrogen) atoms. The highest BCUT2D eigenvalue weighted by molar-refractivity contribution is 6.03. The number of ether oxygens (including phenoxy) is 3. The average Bonchev–Trinajstić information content (AvgIpc) is 2.91. The lowest BCUT2D eigenvalue weighted by Crippen LogP contribution is -2.47. The Labute approximate surface area is 285 Å². The number of hydrogen-bond acceptors (Lipinski definition) is 11. The van der Waals surface area contributed by atoms with E-state index in [0.717, 1.165) is 38.8 Å². The maximum atomic E-state index is 12.2. The number of carbonyl (C=O) groups is 5. The molecule has 0 saturated heterocycles. The fourth-order valence-electron chi connectivity index (χ4n) is 3.65. The highest BCUT2D eigenvalue weighted by Gasteiger charge is 2.23. The fraction of sp³-hybridized carbons (Fsp3) is 0.812. The monoisotopic (exact) mass is 687 g/mol. The Bertz CT molecular complexity index is 1000. The van der Waals surface area contributed by atoms with Crippen LogP contribution in [0.5, 0.6) is 0 Å². The molecule has 0 aliphatic carbocycles. The van der Waals surface area contributed by atoms with Crippen molar-refractivity contribution in [3.63, 3.8) is 0 Å². The number of unbranched alkanes of at least 4 members (excludes halogenated alkanes) is 4. The van der Waals surface area contributed by atoms with Crippen LogP contribution in [0.1, 0.15) is 107 Å². The molecular weight excluding hydrogens is 626 g/mol. The van der Waals surface area contributed by atoms with E-state index >= 15 is 0 Å². The maximum Gasteiger partial charge on any atom is 0.414 e. The van der Waals surface area contributed by atoms with Gasteiger partial charge in [-0.25, -0.2) is 14.4 Å². The molecule has 0 saturated carbocycles. The molecule has 16 heteroatoms. The molecule has 0 radical (unpaired) electrons. The van der Waals surface area contributed by atoms with Gasteiger partial charge in [0.15, 0.2) is 0 Å². The number of rotatable bonds is 18. The highest BCUT2D eigenvalue weighted by atomic mass is 16.6. The van der Waals surface area contributed by atoms with Crippen LogP contribution in [0.15, 0.2) is 4.99 Å². The third-order valence-electron chi connectivity index (χ3n) is 5.67. The summed E-state index contributed by atoms with van der Waals surface area (Å²) in [6, 6.07) is 0. The Morgan fingerprint density at radius 3 is 1.44 bits per heavy atom. The van der Waals surface area contributed by atoms with Gasteiger partial charge in [0, 0.05) is 26.2 Å². The minimum absolute atomic E-state index is 0.0868. The summed E-state index contributed by atoms with van der Waals surface area (Å²) >= 11 is 0. The molecule has 0 bridgehead atoms. The molecular formula is C32H61N7O9. The number of alkyl carbamates (subject to hydrolysis) is 3. The van der Waals surface area contributed by atoms with Gasteiger partial charge in [0.05, 0.1) is 0 Å². The number of nitrogens with one attached hydrogen (secondary N) is 6. The van der Waals surface area contributed by atoms with Crippen molar-refractivity contribution in [3.8, 4) is 0 Å². The number of carbonyl (C=O) groups excluding carboxylic acids is 5. The number of aliphatic imine (C=N–C) groups is 1. The molecule has 16 nitrogen and oxygen atoms in total. The second kappa shape index (κ2) is 22.8. The zero-order valence-corrected chi connectivity index (χ0v) is 30.4. The van der Waals surface area contributed by atoms with Crippen molar-refractivity contribution in [2.24, 2.45) is 4.99 Å². The molecule has 1 unspecified atom stereocenters. The second-order valence-electron chi connectivity index (χ2n) is 14.1. The van der Waals surface area contributed by atoms with Gasteiger partial charge in [-0.05, 0) is 108 Å². The van der Waals surface area contributed by atoms with Gasteiger partial charge >= 0.3 is 18.3 Å². The summed E-state index contributed by atoms with van der Waals surface area (Å²) in [5.74, 6) is -1.59. The number of aliphatic hydroxyl groups excluding tert-OH is 1. The molecule has 0 aromatic heterocycles. The lowest BCUT2D eigenvalue weighted by molar-refractivity contribution is -0.141. The van der Waals surface area contributed by atoms with Crippen LogP contribution in [-0.2, 0) is 23.8 Å². The Hall–Kier alpha value is -3.66. The molecule has 1 atom stereocenters. The first kappa shape index (κ1) is 44.3. The minimum Gasteiger partial charge on any atom is -0.444 e. The van der Waals surface area contributed by atoms with E-state index in [9.17, 15) is 29.1 Å². The maximum absolute atomic E-state index is 12.2. The van der Waals surface area contributed by atoms with Crippen LogP contribution >= 0.6 is 0 Å². The van der Waals surface area contributed by atoms with E-state index in [1.165, 1.54) is 0 Å². The minimum atomic E-state index is -1.79. The van der Waals surface area contributed by atoms with Crippen molar-refractivity contribution in [1.82, 2.24) is 31.9 Å². The van der Waals surface area contributed by atoms with Crippen LogP contribution in [0.25, 0.3) is 0 Å². The summed E-state index contributed by atoms with van der Waals surface area (Å²) in [6.07, 6.45) is 1.17. The predicted molar refractivity (Wildman–Crippen MR) is 182 cm³/mol. The van der Waals surface area contributed by atoms with Crippen molar-refractivity contribution in [1.29, 1.82) is 0 Å². The third kappa shape index (κ3) is 27.5. The molecule has 0 rings (SSSR count). The quantitative estimate of drug-likeness (QED) is 0.0367. The smallest absolute Gasteiger partial charge is 0.414 e. The SMILES string of the molecule is CC(C)(C)OC(=O)NCCCNCCCCNC(=O)C(O)C(=O)NCCCCCCN=C(NC(=O)OC(C)(C)C)NC(=O)OC(C)(C)C. The van der Waals surface area contributed by atoms with Gasteiger partial charge in [-0.1, -0.05) is 12.8 Å². The first-order valence-corrected chi connectivity index (χ1v) is 16.6. The summed E-state index contributed by atoms with van der Waals surface area (Å²) in [5.41, 5.74) is -2.00. The topological polar surface area (TPSA) is 218 Å². The van der Waals surface area contributed by atoms with Crippen LogP contribution in [0.4, 0.5) is 14.4 Å². The Morgan fingerprint density at radius 1 is 0.542 bits per heavy atom. The number of aliphatic hydroxyl groups is 1. The van der Waals surface area contributed by atoms with E-state index in [1.54, 1.807) is 62.3 Å². The summed E-state index contributed by atoms with van der Waals surface area (Å²) in [4.78, 5) is 64.4. The molecule has 0 spiro atoms. The molecule has 5 amide bonds. The average molecular weight is 688 g/mol. The van der Waals surface area contributed by atoms with E-state index in [0.29, 0.717) is 38.9 Å². The number of amides is 5. The van der Waals surface area contributed by atoms with Crippen LogP contribution in [-0.4, -0.2) is 103 Å². The van der Waals surface area contributed by atoms with Gasteiger partial charge in [-0.3, -0.25) is 25.2 Å². The van der Waals surface area contributed by atoms with Crippen LogP contribution in [0.2, 0.25) is 0 Å². The van der Waals surface area contributed by atoms with Crippen molar-refractivity contribution in [2.75, 3.05) is 39.3 Å². The number of nitrogens with zero attached hydrogens (tertiary/aromatic N) is 1. The summed E-state index contributed by atoms with van der Waals surface area (Å²) in [6.45, 7) is 18.6. The summed E-state index contributed by atoms with van der Waals surface area (Å²) in [7, 11) is 0. The van der Waals surface area contributed by atoms with Gasteiger partial charge in [0.25, 0.3) is 11.8 Å². The predicted octanol–water partition coefficient (Wildman–Crippen LogP) is 2.83. The number of hydrogen-bond donors (Lipinski definition) is 7. The zero-order valence-electron chi connectivity index (χ0n) is 30.4. The normalized spacial score (nSPS) is 12.2. The largest absolute Gasteiger partial charge is 0.444 e. The summed E-state index contributed by atoms with van der Waals surface area (Å²) < 4.78 is 15.6. The van der Waals surface area contributed by atoms with Crippen molar-refractivity contribution >= 4 is 36.1 Å². The Morgan fingerprint density at radius 2 is 0.938 bits per heavy atom. The lowest BCUT2D eigenvalue weighted by Gasteiger charge is -2.22. The third-order valence-corrected chi connectivity index (χ3v) is 5.67. The van der Waals surface area contributed by atoms with E-state index in [-0.39, 0.29) is 12.5 Å². The molecule has 0 aliphatic rings. The van der Waals surface area contributed by atoms with Gasteiger partial charge in [0.1, 0.15) is 16.8 Å². The molecule has 0 heterocycles. The van der Waals surface area contributed by atoms with Crippen molar-refractivity contribution in [2.45, 2.75) is 130 Å². The van der Waals surface area contributed by atoms with Gasteiger partial charge in [-0.2, -0.15) is 0 Å². The first-order chi connectivity index (χ1) is 22.2. The summed E-state index contributed by atoms with van der Waals surface area (Å²) in [5, 5.41) is 25.9. The molecule has 7 N–H and O–H groups in total. The Balaban J connectivity index is 4.16. The number of guanidine groups is 1. The molecule has 0 aromatic rings. The first-order valence-electron chi connectivity index (χ1n) is 16.6. The van der Waals surface area contributed by atoms with Crippen LogP contribution in [0, 0.1) is 0 Å². The fourth-order valence-corrected chi connectivity index (χ4v) is 3.65. The van der Waals surface area contributed by atoms with Crippen molar-refractivity contribution in [3.05, 3.63) is 0 Å². The van der Waals surface area contributed by atoms with Crippen LogP contribution < -0.4 is 31.9 Å². The van der Waals surface area contributed by atoms with Gasteiger partial charge in [-0.15, -0.1) is 0 Å². The molecule has 0 aliphatic heterocycles. The molecule has 0 fully saturated rings. The van der Waals surface area contributed by atoms with Gasteiger partial charge < -0.3 is 40.6 Å². The lowest BCUT2D eigenvalue weighted by atomic mass is 10.2. The van der Waals surface area contributed by atoms with E-state index < -0.39 is 53.0 Å². The van der Waals surface area contributed by atoms with E-state index in [2.05, 4.69) is 36.9 Å². The second-order valence-corrected chi connectivity index (χ2v) is 14.1. The van der Waals surface area contributed by atoms with E-state index in [4.69, 9.17) is 14.2 Å². The Kier molecular flexibility index (Phi) is 21.1. The van der Waals surface area contributed by atoms with Crippen molar-refractivity contribution < 1.29 is 43.3 Å². The zero-order chi connectivity index (χ0) is 36.8. The molecule has 0 aromatic carbocycles.